The van der Waals surface area contributed by atoms with Crippen LogP contribution in [-0.4, -0.2) is 118 Å². The highest BCUT2D eigenvalue weighted by atomic mass is 16.6. The molecule has 1 saturated carbocycles. The summed E-state index contributed by atoms with van der Waals surface area (Å²) in [6.07, 6.45) is 42.8. The lowest BCUT2D eigenvalue weighted by Crippen LogP contribution is -2.45. The number of pyridine rings is 8. The third kappa shape index (κ3) is 23.6. The van der Waals surface area contributed by atoms with Crippen LogP contribution in [0, 0.1) is 17.8 Å². The number of nitrogens with one attached hydrogen (secondary N) is 2. The van der Waals surface area contributed by atoms with Crippen LogP contribution in [0.2, 0.25) is 0 Å². The molecule has 4 aliphatic carbocycles. The van der Waals surface area contributed by atoms with Gasteiger partial charge in [0.1, 0.15) is 40.7 Å². The molecule has 1 fully saturated rings. The second kappa shape index (κ2) is 44.6. The summed E-state index contributed by atoms with van der Waals surface area (Å²) < 4.78 is 11.5. The molecule has 606 valence electrons. The van der Waals surface area contributed by atoms with Gasteiger partial charge in [-0.05, 0) is 221 Å². The number of allylic oxidation sites excluding steroid dienone is 3. The molecule has 12 aromatic rings. The van der Waals surface area contributed by atoms with Crippen molar-refractivity contribution in [2.45, 2.75) is 160 Å². The number of rotatable bonds is 14. The first kappa shape index (κ1) is 82.9. The molecule has 10 aromatic heterocycles. The van der Waals surface area contributed by atoms with Crippen LogP contribution in [0.3, 0.4) is 0 Å². The molecule has 5 unspecified atom stereocenters. The number of carbonyl (C=O) groups excluding carboxylic acids is 2. The minimum atomic E-state index is -0.416. The zero-order chi connectivity index (χ0) is 81.8. The predicted molar refractivity (Wildman–Crippen MR) is 466 cm³/mol. The average Bonchev–Trinajstić information content (AvgIpc) is 0.776. The number of nitrogens with zero attached hydrogens (tertiary/aromatic N) is 18. The molecule has 6 aliphatic rings. The number of amides is 2. The summed E-state index contributed by atoms with van der Waals surface area (Å²) in [5.41, 5.74) is 17.9. The van der Waals surface area contributed by atoms with Gasteiger partial charge in [-0.3, -0.25) is 39.9 Å². The molecule has 5 atom stereocenters. The number of aromatic nitrogens is 14. The Hall–Kier alpha value is -13.6. The fourth-order valence-electron chi connectivity index (χ4n) is 15.5. The zero-order valence-corrected chi connectivity index (χ0v) is 67.3. The molecule has 2 N–H and O–H groups in total. The number of alkyl carbamates (subject to hydrolysis) is 2. The molecule has 0 saturated heterocycles. The van der Waals surface area contributed by atoms with Crippen LogP contribution < -0.4 is 10.6 Å². The number of hydrogen-bond donors (Lipinski definition) is 2. The van der Waals surface area contributed by atoms with E-state index in [9.17, 15) is 9.59 Å². The minimum absolute atomic E-state index is 0.0339. The van der Waals surface area contributed by atoms with Crippen molar-refractivity contribution in [2.24, 2.45) is 38.2 Å². The highest BCUT2D eigenvalue weighted by Crippen LogP contribution is 2.39. The highest BCUT2D eigenvalue weighted by Gasteiger charge is 2.43. The fraction of sp³-hybridized carbons (Fsp3) is 0.292. The number of hydrogen-bond acceptors (Lipinski definition) is 22. The molecular formula is C96H98N20O4. The largest absolute Gasteiger partial charge is 0.446 e. The van der Waals surface area contributed by atoms with Gasteiger partial charge in [0.15, 0.2) is 0 Å². The van der Waals surface area contributed by atoms with Crippen molar-refractivity contribution >= 4 is 35.0 Å². The molecule has 2 aliphatic heterocycles. The van der Waals surface area contributed by atoms with E-state index in [-0.39, 0.29) is 36.1 Å². The van der Waals surface area contributed by atoms with Crippen molar-refractivity contribution in [1.82, 2.24) is 81.1 Å². The SMILES string of the molecule is C1=C2C(c3ccccn3)=NN=C(c3ccccn3)C2CCCCC1.O=C(NCc1ccccc1)OC1/C=C/CCCCC1.O=C(NCc1ccccc1)OC1CCCCCC2C(c3ccccn3)=NN=C(c3ccccn3)C12.c1ccc(-c2nnc(-c3ccccn3)c3c2CCCCCC3)nc1.c1ccc(-c2nnc(-c3ccccn3)nn2)nc1. The molecular weight excluding hydrogens is 1500 g/mol. The summed E-state index contributed by atoms with van der Waals surface area (Å²) >= 11 is 0. The van der Waals surface area contributed by atoms with Crippen LogP contribution in [0.1, 0.15) is 167 Å². The van der Waals surface area contributed by atoms with E-state index in [1.807, 2.05) is 225 Å². The van der Waals surface area contributed by atoms with Gasteiger partial charge < -0.3 is 20.1 Å². The second-order valence-corrected chi connectivity index (χ2v) is 29.7. The van der Waals surface area contributed by atoms with Gasteiger partial charge in [0.2, 0.25) is 11.6 Å². The van der Waals surface area contributed by atoms with Crippen molar-refractivity contribution in [3.05, 3.63) is 325 Å². The van der Waals surface area contributed by atoms with Gasteiger partial charge in [0.05, 0.1) is 57.2 Å². The molecule has 0 bridgehead atoms. The van der Waals surface area contributed by atoms with E-state index >= 15 is 0 Å². The molecule has 24 nitrogen and oxygen atoms in total. The zero-order valence-electron chi connectivity index (χ0n) is 67.3. The van der Waals surface area contributed by atoms with E-state index in [4.69, 9.17) is 9.47 Å². The summed E-state index contributed by atoms with van der Waals surface area (Å²) in [6, 6.07) is 66.1. The average molecular weight is 1600 g/mol. The van der Waals surface area contributed by atoms with E-state index in [2.05, 4.69) is 114 Å². The summed E-state index contributed by atoms with van der Waals surface area (Å²) in [7, 11) is 0. The summed E-state index contributed by atoms with van der Waals surface area (Å²) in [6.45, 7) is 0.929. The van der Waals surface area contributed by atoms with Crippen LogP contribution in [0.5, 0.6) is 0 Å². The Bertz CT molecular complexity index is 5230. The molecule has 18 rings (SSSR count). The van der Waals surface area contributed by atoms with Crippen LogP contribution >= 0.6 is 0 Å². The van der Waals surface area contributed by atoms with Crippen LogP contribution in [0.4, 0.5) is 9.59 Å². The lowest BCUT2D eigenvalue weighted by molar-refractivity contribution is 0.0576. The van der Waals surface area contributed by atoms with Crippen molar-refractivity contribution in [3.63, 3.8) is 0 Å². The van der Waals surface area contributed by atoms with Gasteiger partial charge in [0.25, 0.3) is 0 Å². The van der Waals surface area contributed by atoms with E-state index in [1.54, 1.807) is 36.9 Å². The smallest absolute Gasteiger partial charge is 0.407 e. The predicted octanol–water partition coefficient (Wildman–Crippen LogP) is 18.8. The third-order valence-corrected chi connectivity index (χ3v) is 21.4. The Labute approximate surface area is 700 Å². The minimum Gasteiger partial charge on any atom is -0.446 e. The van der Waals surface area contributed by atoms with E-state index in [1.165, 1.54) is 74.5 Å². The van der Waals surface area contributed by atoms with E-state index in [0.717, 1.165) is 157 Å². The molecule has 2 aromatic carbocycles. The van der Waals surface area contributed by atoms with E-state index in [0.29, 0.717) is 36.1 Å². The number of benzene rings is 2. The van der Waals surface area contributed by atoms with Crippen molar-refractivity contribution < 1.29 is 19.1 Å². The molecule has 120 heavy (non-hydrogen) atoms. The lowest BCUT2D eigenvalue weighted by Gasteiger charge is -2.37. The van der Waals surface area contributed by atoms with Crippen LogP contribution in [0.15, 0.2) is 300 Å². The Morgan fingerprint density at radius 1 is 0.342 bits per heavy atom. The van der Waals surface area contributed by atoms with Crippen LogP contribution in [0.25, 0.3) is 45.8 Å². The molecule has 2 amide bonds. The fourth-order valence-corrected chi connectivity index (χ4v) is 15.5. The van der Waals surface area contributed by atoms with Gasteiger partial charge >= 0.3 is 12.2 Å². The highest BCUT2D eigenvalue weighted by molar-refractivity contribution is 6.19. The van der Waals surface area contributed by atoms with Crippen LogP contribution in [-0.2, 0) is 35.4 Å². The monoisotopic (exact) mass is 1590 g/mol. The Morgan fingerprint density at radius 2 is 0.742 bits per heavy atom. The number of ether oxygens (including phenoxy) is 2. The normalized spacial score (nSPS) is 18.3. The Morgan fingerprint density at radius 3 is 1.25 bits per heavy atom. The first-order valence-corrected chi connectivity index (χ1v) is 41.9. The quantitative estimate of drug-likeness (QED) is 0.0956. The first-order valence-electron chi connectivity index (χ1n) is 41.9. The Kier molecular flexibility index (Phi) is 30.8. The third-order valence-electron chi connectivity index (χ3n) is 21.4. The second-order valence-electron chi connectivity index (χ2n) is 29.7. The molecule has 12 heterocycles. The van der Waals surface area contributed by atoms with Crippen molar-refractivity contribution in [3.8, 4) is 45.8 Å². The summed E-state index contributed by atoms with van der Waals surface area (Å²) in [5, 5.41) is 49.2. The maximum absolute atomic E-state index is 12.9. The molecule has 24 heteroatoms. The molecule has 0 spiro atoms. The lowest BCUT2D eigenvalue weighted by atomic mass is 9.72. The van der Waals surface area contributed by atoms with Crippen molar-refractivity contribution in [2.75, 3.05) is 0 Å². The van der Waals surface area contributed by atoms with Gasteiger partial charge in [-0.1, -0.05) is 166 Å². The maximum atomic E-state index is 12.9. The summed E-state index contributed by atoms with van der Waals surface area (Å²) in [5.74, 6) is 0.939. The summed E-state index contributed by atoms with van der Waals surface area (Å²) in [4.78, 5) is 60.0. The number of carbonyl (C=O) groups is 2. The maximum Gasteiger partial charge on any atom is 0.407 e. The van der Waals surface area contributed by atoms with Gasteiger partial charge in [-0.2, -0.15) is 15.3 Å². The van der Waals surface area contributed by atoms with Crippen molar-refractivity contribution in [1.29, 1.82) is 0 Å². The standard InChI is InChI=1S/C28H29N5O2.2C20H20N4.C16H21NO2.C12H8N6/c34-28(31-19-20-11-3-1-4-12-20)35-24-16-6-2-5-13-21-25(24)27(23-15-8-10-18-30-23)33-32-26(21)22-14-7-9-17-29-22;2*1-2-4-10-16-15(9-3-1)19(17-11-5-7-13-21-17)23-24-20(16)18-12-6-8-14-22-18;18-16(17-13-14-9-5-4-6-10-14)19-15-11-7-2-1-3-8-12-15;1-3-7-13-9(5-1)11-15-17-12(18-16-11)10-6-2-4-8-14-10/h1,3-4,7-12,14-15,17-18,21,24-25H,2,5-6,13,16,19H2,(H,31,34);5-8,11-14H,1-4,9-10H2;5-9,11-14,16H,1-4,10H2;4-7,9-11,15H,1-3,8,12-13H2,(H,17,18);1-8H/b;;;11-7+;. The Balaban J connectivity index is 0.000000126. The topological polar surface area (TPSA) is 307 Å². The van der Waals surface area contributed by atoms with Gasteiger partial charge in [-0.15, -0.1) is 35.7 Å². The van der Waals surface area contributed by atoms with E-state index < -0.39 is 6.09 Å². The molecule has 0 radical (unpaired) electrons. The number of fused-ring (bicyclic) bond motifs is 3. The van der Waals surface area contributed by atoms with Gasteiger partial charge in [-0.25, -0.2) is 9.59 Å². The van der Waals surface area contributed by atoms with Gasteiger partial charge in [0, 0.05) is 74.5 Å². The first-order chi connectivity index (χ1) is 59.4.